The molecule has 1 saturated heterocycles. The van der Waals surface area contributed by atoms with E-state index in [9.17, 15) is 14.4 Å². The lowest BCUT2D eigenvalue weighted by atomic mass is 10.2. The highest BCUT2D eigenvalue weighted by molar-refractivity contribution is 6.01. The van der Waals surface area contributed by atoms with Crippen molar-refractivity contribution in [2.45, 2.75) is 32.7 Å². The quantitative estimate of drug-likeness (QED) is 0.215. The van der Waals surface area contributed by atoms with Crippen molar-refractivity contribution in [1.29, 1.82) is 0 Å². The molecule has 0 saturated carbocycles. The Bertz CT molecular complexity index is 761. The summed E-state index contributed by atoms with van der Waals surface area (Å²) in [6, 6.07) is 6.14. The van der Waals surface area contributed by atoms with Gasteiger partial charge in [0.2, 0.25) is 5.91 Å². The number of carboxylic acid groups (broad SMARTS) is 1. The summed E-state index contributed by atoms with van der Waals surface area (Å²) < 4.78 is 4.77. The lowest BCUT2D eigenvalue weighted by molar-refractivity contribution is -0.143. The zero-order chi connectivity index (χ0) is 22.5. The van der Waals surface area contributed by atoms with Crippen molar-refractivity contribution in [2.75, 3.05) is 24.6 Å². The van der Waals surface area contributed by atoms with Crippen LogP contribution in [-0.2, 0) is 19.1 Å². The zero-order valence-electron chi connectivity index (χ0n) is 17.0. The summed E-state index contributed by atoms with van der Waals surface area (Å²) in [5.41, 5.74) is 1.58. The van der Waals surface area contributed by atoms with Crippen LogP contribution < -0.4 is 21.4 Å². The van der Waals surface area contributed by atoms with Gasteiger partial charge in [-0.1, -0.05) is 12.1 Å². The molecule has 0 spiro atoms. The Hall–Kier alpha value is -3.63. The number of ether oxygens (including phenoxy) is 1. The molecule has 2 rings (SSSR count). The van der Waals surface area contributed by atoms with Gasteiger partial charge in [0.15, 0.2) is 0 Å². The summed E-state index contributed by atoms with van der Waals surface area (Å²) in [6.45, 7) is 3.77. The van der Waals surface area contributed by atoms with Crippen molar-refractivity contribution >= 4 is 35.8 Å². The predicted octanol–water partition coefficient (Wildman–Crippen LogP) is 0.428. The molecule has 1 heterocycles. The van der Waals surface area contributed by atoms with Crippen LogP contribution in [0.25, 0.3) is 0 Å². The summed E-state index contributed by atoms with van der Waals surface area (Å²) in [4.78, 5) is 46.2. The highest BCUT2D eigenvalue weighted by Crippen LogP contribution is 2.21. The molecule has 11 nitrogen and oxygen atoms in total. The van der Waals surface area contributed by atoms with Gasteiger partial charge in [-0.2, -0.15) is 5.10 Å². The minimum absolute atomic E-state index is 0.0877. The van der Waals surface area contributed by atoms with Crippen LogP contribution in [0.15, 0.2) is 29.4 Å². The fraction of sp³-hybridized carbons (Fsp3) is 0.421. The maximum Gasteiger partial charge on any atom is 0.315 e. The van der Waals surface area contributed by atoms with E-state index < -0.39 is 18.0 Å². The number of nitrogens with one attached hydrogen (secondary N) is 2. The van der Waals surface area contributed by atoms with E-state index in [2.05, 4.69) is 15.7 Å². The number of hydrazone groups is 1. The number of aliphatic carboxylic acids is 1. The molecule has 0 radical (unpaired) electrons. The standard InChI is InChI=1S/C17H23N5O4.C2H4O2/c1-2-26-15(23)7-9-19-17(25)21-14-8-10-22(16(14)24)13-5-3-12(4-6-13)11-20-18;1-2(3)4/h3-6,11,14H,2,7-10,18H2,1H3,(H2,19,21,25);1H3,(H,3,4)/b20-11+;/t14-;/m0./s1. The van der Waals surface area contributed by atoms with Crippen molar-refractivity contribution in [3.8, 4) is 0 Å². The maximum absolute atomic E-state index is 12.5. The average molecular weight is 421 g/mol. The fourth-order valence-electron chi connectivity index (χ4n) is 2.62. The molecule has 1 atom stereocenters. The summed E-state index contributed by atoms with van der Waals surface area (Å²) >= 11 is 0. The number of carboxylic acids is 1. The molecule has 11 heteroatoms. The molecule has 1 aliphatic rings. The van der Waals surface area contributed by atoms with Crippen molar-refractivity contribution < 1.29 is 29.0 Å². The van der Waals surface area contributed by atoms with E-state index in [4.69, 9.17) is 20.5 Å². The minimum Gasteiger partial charge on any atom is -0.481 e. The Balaban J connectivity index is 0.00000103. The number of anilines is 1. The Morgan fingerprint density at radius 3 is 2.53 bits per heavy atom. The maximum atomic E-state index is 12.5. The highest BCUT2D eigenvalue weighted by atomic mass is 16.5. The molecular formula is C19H27N5O6. The number of nitrogens with zero attached hydrogens (tertiary/aromatic N) is 2. The third-order valence-corrected chi connectivity index (χ3v) is 3.86. The van der Waals surface area contributed by atoms with Crippen molar-refractivity contribution in [2.24, 2.45) is 10.9 Å². The molecule has 0 aliphatic carbocycles. The third-order valence-electron chi connectivity index (χ3n) is 3.86. The molecule has 3 amide bonds. The molecule has 1 fully saturated rings. The first kappa shape index (κ1) is 24.4. The van der Waals surface area contributed by atoms with Crippen LogP contribution in [0, 0.1) is 0 Å². The van der Waals surface area contributed by atoms with E-state index in [0.717, 1.165) is 18.2 Å². The molecule has 1 aliphatic heterocycles. The number of esters is 1. The second-order valence-corrected chi connectivity index (χ2v) is 6.18. The number of carbonyl (C=O) groups excluding carboxylic acids is 3. The van der Waals surface area contributed by atoms with Crippen LogP contribution in [0.5, 0.6) is 0 Å². The summed E-state index contributed by atoms with van der Waals surface area (Å²) in [5, 5.41) is 16.0. The Morgan fingerprint density at radius 1 is 1.33 bits per heavy atom. The van der Waals surface area contributed by atoms with E-state index in [1.807, 2.05) is 12.1 Å². The van der Waals surface area contributed by atoms with E-state index in [1.54, 1.807) is 24.0 Å². The van der Waals surface area contributed by atoms with E-state index in [-0.39, 0.29) is 24.8 Å². The largest absolute Gasteiger partial charge is 0.481 e. The smallest absolute Gasteiger partial charge is 0.315 e. The molecule has 0 unspecified atom stereocenters. The number of urea groups is 1. The second-order valence-electron chi connectivity index (χ2n) is 6.18. The Labute approximate surface area is 174 Å². The van der Waals surface area contributed by atoms with Crippen molar-refractivity contribution in [3.05, 3.63) is 29.8 Å². The van der Waals surface area contributed by atoms with Crippen LogP contribution >= 0.6 is 0 Å². The van der Waals surface area contributed by atoms with Crippen LogP contribution in [0.2, 0.25) is 0 Å². The van der Waals surface area contributed by atoms with Crippen LogP contribution in [-0.4, -0.2) is 60.9 Å². The first-order chi connectivity index (χ1) is 14.3. The van der Waals surface area contributed by atoms with Gasteiger partial charge in [-0.3, -0.25) is 14.4 Å². The second kappa shape index (κ2) is 12.8. The van der Waals surface area contributed by atoms with Gasteiger partial charge in [-0.05, 0) is 31.0 Å². The minimum atomic E-state index is -0.833. The van der Waals surface area contributed by atoms with E-state index in [0.29, 0.717) is 19.6 Å². The summed E-state index contributed by atoms with van der Waals surface area (Å²) in [5.74, 6) is 3.72. The SMILES string of the molecule is CC(=O)O.CCOC(=O)CCNC(=O)N[C@H]1CCN(c2ccc(/C=N/N)cc2)C1=O. The van der Waals surface area contributed by atoms with Gasteiger partial charge in [0.05, 0.1) is 19.2 Å². The number of nitrogens with two attached hydrogens (primary N) is 1. The number of amides is 3. The van der Waals surface area contributed by atoms with Crippen LogP contribution in [0.4, 0.5) is 10.5 Å². The summed E-state index contributed by atoms with van der Waals surface area (Å²) in [7, 11) is 0. The number of rotatable bonds is 7. The van der Waals surface area contributed by atoms with Gasteiger partial charge in [-0.15, -0.1) is 0 Å². The molecule has 1 aromatic carbocycles. The van der Waals surface area contributed by atoms with Gasteiger partial charge >= 0.3 is 12.0 Å². The van der Waals surface area contributed by atoms with Gasteiger partial charge in [0, 0.05) is 25.7 Å². The topological polar surface area (TPSA) is 163 Å². The summed E-state index contributed by atoms with van der Waals surface area (Å²) in [6.07, 6.45) is 2.11. The van der Waals surface area contributed by atoms with E-state index in [1.165, 1.54) is 6.21 Å². The van der Waals surface area contributed by atoms with Gasteiger partial charge < -0.3 is 31.2 Å². The predicted molar refractivity (Wildman–Crippen MR) is 110 cm³/mol. The molecule has 30 heavy (non-hydrogen) atoms. The van der Waals surface area contributed by atoms with Gasteiger partial charge in [0.1, 0.15) is 6.04 Å². The fourth-order valence-corrected chi connectivity index (χ4v) is 2.62. The number of hydrogen-bond acceptors (Lipinski definition) is 7. The van der Waals surface area contributed by atoms with Gasteiger partial charge in [-0.25, -0.2) is 4.79 Å². The van der Waals surface area contributed by atoms with Gasteiger partial charge in [0.25, 0.3) is 5.97 Å². The van der Waals surface area contributed by atoms with Crippen molar-refractivity contribution in [3.63, 3.8) is 0 Å². The monoisotopic (exact) mass is 421 g/mol. The normalized spacial score (nSPS) is 15.3. The molecule has 0 bridgehead atoms. The lowest BCUT2D eigenvalue weighted by Crippen LogP contribution is -2.46. The number of carbonyl (C=O) groups is 4. The molecular weight excluding hydrogens is 394 g/mol. The van der Waals surface area contributed by atoms with Crippen LogP contribution in [0.1, 0.15) is 32.3 Å². The molecule has 1 aromatic rings. The first-order valence-corrected chi connectivity index (χ1v) is 9.32. The molecule has 164 valence electrons. The average Bonchev–Trinajstić information content (AvgIpc) is 3.03. The number of benzene rings is 1. The lowest BCUT2D eigenvalue weighted by Gasteiger charge is -2.17. The molecule has 0 aromatic heterocycles. The van der Waals surface area contributed by atoms with Crippen molar-refractivity contribution in [1.82, 2.24) is 10.6 Å². The van der Waals surface area contributed by atoms with E-state index >= 15 is 0 Å². The number of hydrogen-bond donors (Lipinski definition) is 4. The Kier molecular flexibility index (Phi) is 10.4. The van der Waals surface area contributed by atoms with Crippen LogP contribution in [0.3, 0.4) is 0 Å². The third kappa shape index (κ3) is 8.59. The first-order valence-electron chi connectivity index (χ1n) is 9.32. The Morgan fingerprint density at radius 2 is 1.97 bits per heavy atom. The zero-order valence-corrected chi connectivity index (χ0v) is 17.0. The highest BCUT2D eigenvalue weighted by Gasteiger charge is 2.33. The molecule has 5 N–H and O–H groups in total.